The highest BCUT2D eigenvalue weighted by atomic mass is 32.1. The Morgan fingerprint density at radius 1 is 1.33 bits per heavy atom. The maximum absolute atomic E-state index is 13.3. The second-order valence-corrected chi connectivity index (χ2v) is 7.26. The van der Waals surface area contributed by atoms with Crippen molar-refractivity contribution in [3.8, 4) is 11.1 Å². The summed E-state index contributed by atoms with van der Waals surface area (Å²) < 4.78 is 6.52. The van der Waals surface area contributed by atoms with Crippen molar-refractivity contribution in [2.75, 3.05) is 13.7 Å². The summed E-state index contributed by atoms with van der Waals surface area (Å²) >= 11 is 1.43. The third kappa shape index (κ3) is 3.65. The molecule has 2 heterocycles. The number of hydrogen-bond donors (Lipinski definition) is 1. The Labute approximate surface area is 161 Å². The number of carbonyl (C=O) groups excluding carboxylic acids is 1. The van der Waals surface area contributed by atoms with Gasteiger partial charge in [0.1, 0.15) is 16.7 Å². The predicted octanol–water partition coefficient (Wildman–Crippen LogP) is 2.92. The molecule has 1 unspecified atom stereocenters. The van der Waals surface area contributed by atoms with Crippen LogP contribution in [-0.2, 0) is 22.4 Å². The van der Waals surface area contributed by atoms with Crippen LogP contribution in [0, 0.1) is 0 Å². The van der Waals surface area contributed by atoms with E-state index in [9.17, 15) is 9.59 Å². The van der Waals surface area contributed by atoms with Crippen molar-refractivity contribution in [3.05, 3.63) is 51.4 Å². The highest BCUT2D eigenvalue weighted by Crippen LogP contribution is 2.31. The first kappa shape index (κ1) is 19.3. The molecule has 1 atom stereocenters. The Kier molecular flexibility index (Phi) is 5.72. The Bertz CT molecular complexity index is 1020. The summed E-state index contributed by atoms with van der Waals surface area (Å²) in [5.41, 5.74) is 8.26. The number of methoxy groups -OCH3 is 1. The zero-order valence-corrected chi connectivity index (χ0v) is 16.5. The van der Waals surface area contributed by atoms with Gasteiger partial charge >= 0.3 is 0 Å². The van der Waals surface area contributed by atoms with Gasteiger partial charge < -0.3 is 10.5 Å². The molecule has 7 heteroatoms. The molecular formula is C20H23N3O3S. The van der Waals surface area contributed by atoms with Crippen molar-refractivity contribution in [1.29, 1.82) is 0 Å². The number of carbonyl (C=O) groups is 1. The lowest BCUT2D eigenvalue weighted by Crippen LogP contribution is -2.35. The minimum Gasteiger partial charge on any atom is -0.384 e. The van der Waals surface area contributed by atoms with Gasteiger partial charge in [-0.05, 0) is 24.5 Å². The molecule has 0 radical (unpaired) electrons. The summed E-state index contributed by atoms with van der Waals surface area (Å²) in [6.07, 6.45) is 1.38. The number of aryl methyl sites for hydroxylation is 1. The SMILES string of the molecule is CCc1ccc(-c2csc3nc(CCOC)n(C(C)C(N)=O)c(=O)c23)cc1. The van der Waals surface area contributed by atoms with E-state index in [1.54, 1.807) is 14.0 Å². The second kappa shape index (κ2) is 8.02. The Balaban J connectivity index is 2.23. The van der Waals surface area contributed by atoms with Gasteiger partial charge in [0, 0.05) is 24.5 Å². The van der Waals surface area contributed by atoms with E-state index in [0.29, 0.717) is 29.1 Å². The van der Waals surface area contributed by atoms with Crippen molar-refractivity contribution in [3.63, 3.8) is 0 Å². The van der Waals surface area contributed by atoms with E-state index in [1.807, 2.05) is 17.5 Å². The predicted molar refractivity (Wildman–Crippen MR) is 108 cm³/mol. The number of amides is 1. The van der Waals surface area contributed by atoms with Crippen molar-refractivity contribution in [2.24, 2.45) is 5.73 Å². The zero-order chi connectivity index (χ0) is 19.6. The molecule has 0 saturated carbocycles. The normalized spacial score (nSPS) is 12.4. The van der Waals surface area contributed by atoms with E-state index in [0.717, 1.165) is 17.5 Å². The minimum atomic E-state index is -0.781. The van der Waals surface area contributed by atoms with Crippen LogP contribution in [-0.4, -0.2) is 29.2 Å². The first-order valence-corrected chi connectivity index (χ1v) is 9.76. The number of fused-ring (bicyclic) bond motifs is 1. The number of benzene rings is 1. The molecule has 2 aromatic heterocycles. The first-order valence-electron chi connectivity index (χ1n) is 8.88. The third-order valence-electron chi connectivity index (χ3n) is 4.71. The molecule has 0 saturated heterocycles. The van der Waals surface area contributed by atoms with Crippen molar-refractivity contribution in [2.45, 2.75) is 32.7 Å². The van der Waals surface area contributed by atoms with Gasteiger partial charge in [0.2, 0.25) is 5.91 Å². The highest BCUT2D eigenvalue weighted by Gasteiger charge is 2.22. The van der Waals surface area contributed by atoms with Gasteiger partial charge in [-0.2, -0.15) is 0 Å². The van der Waals surface area contributed by atoms with Crippen molar-refractivity contribution in [1.82, 2.24) is 9.55 Å². The summed E-state index contributed by atoms with van der Waals surface area (Å²) in [6, 6.07) is 7.37. The summed E-state index contributed by atoms with van der Waals surface area (Å²) in [6.45, 7) is 4.13. The number of rotatable bonds is 7. The van der Waals surface area contributed by atoms with Gasteiger partial charge in [-0.15, -0.1) is 11.3 Å². The summed E-state index contributed by atoms with van der Waals surface area (Å²) in [5, 5.41) is 2.47. The number of ether oxygens (including phenoxy) is 1. The van der Waals surface area contributed by atoms with Gasteiger partial charge in [-0.25, -0.2) is 4.98 Å². The van der Waals surface area contributed by atoms with E-state index in [4.69, 9.17) is 10.5 Å². The molecule has 27 heavy (non-hydrogen) atoms. The number of aromatic nitrogens is 2. The maximum atomic E-state index is 13.3. The molecule has 1 aromatic carbocycles. The topological polar surface area (TPSA) is 87.2 Å². The largest absolute Gasteiger partial charge is 0.384 e. The summed E-state index contributed by atoms with van der Waals surface area (Å²) in [7, 11) is 1.59. The van der Waals surface area contributed by atoms with E-state index in [1.165, 1.54) is 21.5 Å². The number of primary amides is 1. The molecule has 0 spiro atoms. The second-order valence-electron chi connectivity index (χ2n) is 6.40. The Morgan fingerprint density at radius 3 is 2.63 bits per heavy atom. The molecule has 3 rings (SSSR count). The van der Waals surface area contributed by atoms with Gasteiger partial charge in [0.15, 0.2) is 0 Å². The van der Waals surface area contributed by atoms with E-state index >= 15 is 0 Å². The van der Waals surface area contributed by atoms with Crippen LogP contribution in [0.4, 0.5) is 0 Å². The van der Waals surface area contributed by atoms with Crippen LogP contribution in [0.25, 0.3) is 21.3 Å². The number of hydrogen-bond acceptors (Lipinski definition) is 5. The van der Waals surface area contributed by atoms with Crippen molar-refractivity contribution >= 4 is 27.5 Å². The minimum absolute atomic E-state index is 0.242. The third-order valence-corrected chi connectivity index (χ3v) is 5.59. The van der Waals surface area contributed by atoms with Gasteiger partial charge in [0.25, 0.3) is 5.56 Å². The molecule has 0 aliphatic heterocycles. The lowest BCUT2D eigenvalue weighted by atomic mass is 10.0. The standard InChI is InChI=1S/C20H23N3O3S/c1-4-13-5-7-14(8-6-13)15-11-27-19-17(15)20(25)23(12(2)18(21)24)16(22-19)9-10-26-3/h5-8,11-12H,4,9-10H2,1-3H3,(H2,21,24). The average molecular weight is 385 g/mol. The van der Waals surface area contributed by atoms with Gasteiger partial charge in [-0.3, -0.25) is 14.2 Å². The fourth-order valence-corrected chi connectivity index (χ4v) is 4.03. The average Bonchev–Trinajstić information content (AvgIpc) is 3.10. The van der Waals surface area contributed by atoms with Gasteiger partial charge in [-0.1, -0.05) is 31.2 Å². The van der Waals surface area contributed by atoms with Crippen LogP contribution in [0.5, 0.6) is 0 Å². The Morgan fingerprint density at radius 2 is 2.04 bits per heavy atom. The van der Waals surface area contributed by atoms with E-state index in [2.05, 4.69) is 24.0 Å². The fraction of sp³-hybridized carbons (Fsp3) is 0.350. The molecular weight excluding hydrogens is 362 g/mol. The molecule has 6 nitrogen and oxygen atoms in total. The molecule has 1 amide bonds. The number of nitrogens with two attached hydrogens (primary N) is 1. The Hall–Kier alpha value is -2.51. The summed E-state index contributed by atoms with van der Waals surface area (Å²) in [5.74, 6) is -0.0589. The van der Waals surface area contributed by atoms with Crippen LogP contribution in [0.1, 0.15) is 31.3 Å². The van der Waals surface area contributed by atoms with Crippen LogP contribution in [0.3, 0.4) is 0 Å². The van der Waals surface area contributed by atoms with E-state index in [-0.39, 0.29) is 5.56 Å². The number of thiophene rings is 1. The lowest BCUT2D eigenvalue weighted by Gasteiger charge is -2.17. The molecule has 0 aliphatic rings. The highest BCUT2D eigenvalue weighted by molar-refractivity contribution is 7.17. The number of nitrogens with zero attached hydrogens (tertiary/aromatic N) is 2. The zero-order valence-electron chi connectivity index (χ0n) is 15.7. The quantitative estimate of drug-likeness (QED) is 0.677. The molecule has 142 valence electrons. The van der Waals surface area contributed by atoms with Crippen LogP contribution >= 0.6 is 11.3 Å². The lowest BCUT2D eigenvalue weighted by molar-refractivity contribution is -0.120. The van der Waals surface area contributed by atoms with Crippen molar-refractivity contribution < 1.29 is 9.53 Å². The maximum Gasteiger partial charge on any atom is 0.263 e. The molecule has 0 fully saturated rings. The summed E-state index contributed by atoms with van der Waals surface area (Å²) in [4.78, 5) is 30.4. The molecule has 2 N–H and O–H groups in total. The molecule has 3 aromatic rings. The monoisotopic (exact) mass is 385 g/mol. The van der Waals surface area contributed by atoms with Crippen LogP contribution in [0.15, 0.2) is 34.4 Å². The fourth-order valence-electron chi connectivity index (χ4n) is 3.07. The van der Waals surface area contributed by atoms with Gasteiger partial charge in [0.05, 0.1) is 12.0 Å². The molecule has 0 aliphatic carbocycles. The smallest absolute Gasteiger partial charge is 0.263 e. The van der Waals surface area contributed by atoms with E-state index < -0.39 is 11.9 Å². The van der Waals surface area contributed by atoms with Crippen LogP contribution < -0.4 is 11.3 Å². The molecule has 0 bridgehead atoms. The van der Waals surface area contributed by atoms with Crippen LogP contribution in [0.2, 0.25) is 0 Å². The first-order chi connectivity index (χ1) is 13.0.